The molecule has 0 saturated carbocycles. The standard InChI is InChI=1S/C23H16ClF2N7/c1-12(33-23-21-22(30-10-29-21)31-11-32-23)16-6-17(24)20(26)19(14-7-27-9-28-8-14)18(16)13-3-2-4-15(25)5-13/h2-12H,1H3,(H2,29,30,31,32,33). The van der Waals surface area contributed by atoms with Crippen LogP contribution in [0.5, 0.6) is 0 Å². The van der Waals surface area contributed by atoms with Crippen LogP contribution in [0.15, 0.2) is 61.7 Å². The second-order valence-corrected chi connectivity index (χ2v) is 7.74. The predicted molar refractivity (Wildman–Crippen MR) is 122 cm³/mol. The van der Waals surface area contributed by atoms with Crippen LogP contribution < -0.4 is 5.32 Å². The first kappa shape index (κ1) is 20.9. The van der Waals surface area contributed by atoms with Crippen molar-refractivity contribution in [1.82, 2.24) is 29.9 Å². The summed E-state index contributed by atoms with van der Waals surface area (Å²) < 4.78 is 29.6. The maximum Gasteiger partial charge on any atom is 0.162 e. The Morgan fingerprint density at radius 3 is 2.58 bits per heavy atom. The average Bonchev–Trinajstić information content (AvgIpc) is 3.31. The van der Waals surface area contributed by atoms with Gasteiger partial charge in [0.25, 0.3) is 0 Å². The van der Waals surface area contributed by atoms with E-state index in [0.717, 1.165) is 0 Å². The maximum atomic E-state index is 15.4. The lowest BCUT2D eigenvalue weighted by Crippen LogP contribution is -2.11. The van der Waals surface area contributed by atoms with Crippen LogP contribution in [0.2, 0.25) is 5.02 Å². The molecule has 0 amide bonds. The summed E-state index contributed by atoms with van der Waals surface area (Å²) in [5.74, 6) is -0.596. The van der Waals surface area contributed by atoms with Gasteiger partial charge in [-0.1, -0.05) is 23.7 Å². The Morgan fingerprint density at radius 1 is 0.970 bits per heavy atom. The van der Waals surface area contributed by atoms with Crippen molar-refractivity contribution >= 4 is 28.6 Å². The van der Waals surface area contributed by atoms with Gasteiger partial charge in [-0.3, -0.25) is 0 Å². The maximum absolute atomic E-state index is 15.4. The largest absolute Gasteiger partial charge is 0.362 e. The van der Waals surface area contributed by atoms with Crippen LogP contribution in [0.3, 0.4) is 0 Å². The normalized spacial score (nSPS) is 12.1. The number of aromatic amines is 1. The van der Waals surface area contributed by atoms with Crippen molar-refractivity contribution in [3.8, 4) is 22.3 Å². The van der Waals surface area contributed by atoms with Crippen LogP contribution in [0.25, 0.3) is 33.4 Å². The Hall–Kier alpha value is -3.98. The molecule has 0 aliphatic carbocycles. The lowest BCUT2D eigenvalue weighted by atomic mass is 9.88. The van der Waals surface area contributed by atoms with Crippen LogP contribution in [-0.2, 0) is 0 Å². The van der Waals surface area contributed by atoms with Gasteiger partial charge in [-0.05, 0) is 41.8 Å². The summed E-state index contributed by atoms with van der Waals surface area (Å²) in [6.07, 6.45) is 7.26. The van der Waals surface area contributed by atoms with Crippen molar-refractivity contribution in [2.24, 2.45) is 0 Å². The monoisotopic (exact) mass is 463 g/mol. The fourth-order valence-corrected chi connectivity index (χ4v) is 4.01. The molecule has 1 unspecified atom stereocenters. The van der Waals surface area contributed by atoms with Gasteiger partial charge in [0.1, 0.15) is 29.8 Å². The summed E-state index contributed by atoms with van der Waals surface area (Å²) in [7, 11) is 0. The Bertz CT molecular complexity index is 1460. The molecule has 0 bridgehead atoms. The number of nitrogens with one attached hydrogen (secondary N) is 2. The van der Waals surface area contributed by atoms with Crippen molar-refractivity contribution in [2.45, 2.75) is 13.0 Å². The lowest BCUT2D eigenvalue weighted by molar-refractivity contribution is 0.626. The van der Waals surface area contributed by atoms with E-state index in [4.69, 9.17) is 11.6 Å². The Labute approximate surface area is 192 Å². The van der Waals surface area contributed by atoms with E-state index in [1.165, 1.54) is 49.6 Å². The van der Waals surface area contributed by atoms with Crippen molar-refractivity contribution < 1.29 is 8.78 Å². The van der Waals surface area contributed by atoms with Crippen LogP contribution >= 0.6 is 11.6 Å². The minimum atomic E-state index is -0.640. The van der Waals surface area contributed by atoms with Gasteiger partial charge in [-0.2, -0.15) is 0 Å². The van der Waals surface area contributed by atoms with Crippen LogP contribution in [0.4, 0.5) is 14.6 Å². The molecule has 3 aromatic heterocycles. The molecule has 33 heavy (non-hydrogen) atoms. The molecule has 0 aliphatic heterocycles. The average molecular weight is 464 g/mol. The van der Waals surface area contributed by atoms with Crippen molar-refractivity contribution in [2.75, 3.05) is 5.32 Å². The van der Waals surface area contributed by atoms with E-state index in [9.17, 15) is 4.39 Å². The van der Waals surface area contributed by atoms with E-state index in [1.807, 2.05) is 6.92 Å². The molecule has 2 aromatic carbocycles. The van der Waals surface area contributed by atoms with Gasteiger partial charge in [0, 0.05) is 23.5 Å². The molecule has 0 spiro atoms. The minimum Gasteiger partial charge on any atom is -0.362 e. The third kappa shape index (κ3) is 3.87. The fraction of sp³-hybridized carbons (Fsp3) is 0.0870. The molecule has 0 radical (unpaired) electrons. The fourth-order valence-electron chi connectivity index (χ4n) is 3.79. The third-order valence-electron chi connectivity index (χ3n) is 5.25. The SMILES string of the molecule is CC(Nc1ncnc2[nH]cnc12)c1cc(Cl)c(F)c(-c2cncnc2)c1-c1cccc(F)c1. The number of H-pyrrole nitrogens is 1. The topological polar surface area (TPSA) is 92.3 Å². The molecule has 10 heteroatoms. The molecule has 0 saturated heterocycles. The number of halogens is 3. The van der Waals surface area contributed by atoms with E-state index in [2.05, 4.69) is 35.2 Å². The number of anilines is 1. The molecule has 1 atom stereocenters. The van der Waals surface area contributed by atoms with Gasteiger partial charge in [-0.25, -0.2) is 33.7 Å². The second kappa shape index (κ2) is 8.51. The number of fused-ring (bicyclic) bond motifs is 1. The molecule has 164 valence electrons. The van der Waals surface area contributed by atoms with E-state index in [0.29, 0.717) is 39.2 Å². The van der Waals surface area contributed by atoms with Gasteiger partial charge in [-0.15, -0.1) is 0 Å². The van der Waals surface area contributed by atoms with E-state index < -0.39 is 17.7 Å². The zero-order valence-electron chi connectivity index (χ0n) is 17.2. The Kier molecular flexibility index (Phi) is 5.39. The number of hydrogen-bond acceptors (Lipinski definition) is 6. The Balaban J connectivity index is 1.73. The van der Waals surface area contributed by atoms with Gasteiger partial charge >= 0.3 is 0 Å². The summed E-state index contributed by atoms with van der Waals surface area (Å²) in [6.45, 7) is 1.87. The first-order valence-corrected chi connectivity index (χ1v) is 10.3. The first-order valence-electron chi connectivity index (χ1n) is 9.96. The molecule has 7 nitrogen and oxygen atoms in total. The molecule has 3 heterocycles. The van der Waals surface area contributed by atoms with Crippen LogP contribution in [0.1, 0.15) is 18.5 Å². The summed E-state index contributed by atoms with van der Waals surface area (Å²) in [5, 5.41) is 3.22. The van der Waals surface area contributed by atoms with Crippen LogP contribution in [0, 0.1) is 11.6 Å². The first-order chi connectivity index (χ1) is 16.0. The highest BCUT2D eigenvalue weighted by molar-refractivity contribution is 6.31. The molecule has 2 N–H and O–H groups in total. The van der Waals surface area contributed by atoms with E-state index in [1.54, 1.807) is 12.1 Å². The summed E-state index contributed by atoms with van der Waals surface area (Å²) in [6, 6.07) is 7.08. The number of hydrogen-bond donors (Lipinski definition) is 2. The molecular weight excluding hydrogens is 448 g/mol. The van der Waals surface area contributed by atoms with Gasteiger partial charge in [0.15, 0.2) is 11.5 Å². The van der Waals surface area contributed by atoms with E-state index >= 15 is 4.39 Å². The second-order valence-electron chi connectivity index (χ2n) is 7.34. The van der Waals surface area contributed by atoms with Crippen LogP contribution in [-0.4, -0.2) is 29.9 Å². The smallest absolute Gasteiger partial charge is 0.162 e. The number of rotatable bonds is 5. The highest BCUT2D eigenvalue weighted by Crippen LogP contribution is 2.42. The molecule has 0 aliphatic rings. The Morgan fingerprint density at radius 2 is 1.79 bits per heavy atom. The van der Waals surface area contributed by atoms with Crippen molar-refractivity contribution in [3.63, 3.8) is 0 Å². The molecule has 5 rings (SSSR count). The zero-order chi connectivity index (χ0) is 22.9. The number of benzene rings is 2. The van der Waals surface area contributed by atoms with Gasteiger partial charge in [0.05, 0.1) is 17.4 Å². The van der Waals surface area contributed by atoms with Crippen molar-refractivity contribution in [1.29, 1.82) is 0 Å². The lowest BCUT2D eigenvalue weighted by Gasteiger charge is -2.23. The summed E-state index contributed by atoms with van der Waals surface area (Å²) in [4.78, 5) is 23.7. The van der Waals surface area contributed by atoms with Crippen molar-refractivity contribution in [3.05, 3.63) is 83.9 Å². The minimum absolute atomic E-state index is 0.0785. The predicted octanol–water partition coefficient (Wildman–Crippen LogP) is 5.58. The highest BCUT2D eigenvalue weighted by Gasteiger charge is 2.24. The van der Waals surface area contributed by atoms with Gasteiger partial charge in [0.2, 0.25) is 0 Å². The number of nitrogens with zero attached hydrogens (tertiary/aromatic N) is 5. The summed E-state index contributed by atoms with van der Waals surface area (Å²) >= 11 is 6.32. The molecule has 0 fully saturated rings. The molecule has 5 aromatic rings. The van der Waals surface area contributed by atoms with Gasteiger partial charge < -0.3 is 10.3 Å². The highest BCUT2D eigenvalue weighted by atomic mass is 35.5. The number of imidazole rings is 1. The zero-order valence-corrected chi connectivity index (χ0v) is 18.0. The molecular formula is C23H16ClF2N7. The number of aromatic nitrogens is 6. The third-order valence-corrected chi connectivity index (χ3v) is 5.52. The quantitative estimate of drug-likeness (QED) is 0.353. The van der Waals surface area contributed by atoms with E-state index in [-0.39, 0.29) is 10.6 Å². The summed E-state index contributed by atoms with van der Waals surface area (Å²) in [5.41, 5.74) is 3.32.